The SMILES string of the molecule is c1ccc(-c2c3ccccc3c(-c3ccc(-c4ccc5c(c4)-c4ccccc4C5c4ccccc4)cc3)c3ccccc23)cc1. The van der Waals surface area contributed by atoms with Crippen molar-refractivity contribution in [3.8, 4) is 44.5 Å². The van der Waals surface area contributed by atoms with E-state index < -0.39 is 0 Å². The van der Waals surface area contributed by atoms with E-state index in [-0.39, 0.29) is 5.92 Å². The number of rotatable bonds is 4. The summed E-state index contributed by atoms with van der Waals surface area (Å²) in [5.41, 5.74) is 14.4. The molecule has 45 heavy (non-hydrogen) atoms. The summed E-state index contributed by atoms with van der Waals surface area (Å²) in [4.78, 5) is 0. The standard InChI is InChI=1S/C45H30/c1-3-13-31(14-4-1)43-36-18-8-7-17-35(36)42-29-34(27-28-41(42)43)30-23-25-33(26-24-30)45-39-21-11-9-19-37(39)44(32-15-5-2-6-16-32)38-20-10-12-22-40(38)45/h1-29,43H. The van der Waals surface area contributed by atoms with Crippen molar-refractivity contribution in [2.45, 2.75) is 5.92 Å². The first-order chi connectivity index (χ1) is 22.3. The largest absolute Gasteiger partial charge is 0.0622 e. The number of hydrogen-bond acceptors (Lipinski definition) is 0. The van der Waals surface area contributed by atoms with Crippen molar-refractivity contribution in [1.29, 1.82) is 0 Å². The zero-order valence-electron chi connectivity index (χ0n) is 24.8. The van der Waals surface area contributed by atoms with Crippen LogP contribution in [0.5, 0.6) is 0 Å². The maximum absolute atomic E-state index is 2.39. The van der Waals surface area contributed by atoms with Gasteiger partial charge in [-0.1, -0.05) is 170 Å². The Hall–Kier alpha value is -5.72. The van der Waals surface area contributed by atoms with Crippen molar-refractivity contribution in [3.63, 3.8) is 0 Å². The van der Waals surface area contributed by atoms with Gasteiger partial charge in [0.25, 0.3) is 0 Å². The third-order valence-electron chi connectivity index (χ3n) is 9.56. The Morgan fingerprint density at radius 2 is 0.733 bits per heavy atom. The molecule has 0 spiro atoms. The molecular formula is C45H30. The lowest BCUT2D eigenvalue weighted by Crippen LogP contribution is -1.98. The quantitative estimate of drug-likeness (QED) is 0.185. The molecule has 0 saturated carbocycles. The van der Waals surface area contributed by atoms with Crippen molar-refractivity contribution in [1.82, 2.24) is 0 Å². The fraction of sp³-hybridized carbons (Fsp3) is 0.0222. The van der Waals surface area contributed by atoms with Gasteiger partial charge in [-0.2, -0.15) is 0 Å². The van der Waals surface area contributed by atoms with Gasteiger partial charge in [0.2, 0.25) is 0 Å². The Bertz CT molecular complexity index is 2290. The van der Waals surface area contributed by atoms with E-state index >= 15 is 0 Å². The lowest BCUT2D eigenvalue weighted by atomic mass is 9.85. The summed E-state index contributed by atoms with van der Waals surface area (Å²) in [6, 6.07) is 64.6. The summed E-state index contributed by atoms with van der Waals surface area (Å²) >= 11 is 0. The minimum atomic E-state index is 0.272. The van der Waals surface area contributed by atoms with Crippen LogP contribution in [0.4, 0.5) is 0 Å². The normalized spacial score (nSPS) is 13.6. The highest BCUT2D eigenvalue weighted by Gasteiger charge is 2.29. The second-order valence-electron chi connectivity index (χ2n) is 12.0. The summed E-state index contributed by atoms with van der Waals surface area (Å²) in [5.74, 6) is 0.272. The van der Waals surface area contributed by atoms with Crippen molar-refractivity contribution < 1.29 is 0 Å². The van der Waals surface area contributed by atoms with Gasteiger partial charge in [0, 0.05) is 5.92 Å². The van der Waals surface area contributed by atoms with Gasteiger partial charge in [0.05, 0.1) is 0 Å². The third-order valence-corrected chi connectivity index (χ3v) is 9.56. The average molecular weight is 571 g/mol. The smallest absolute Gasteiger partial charge is 0.0352 e. The van der Waals surface area contributed by atoms with Crippen molar-refractivity contribution >= 4 is 21.5 Å². The molecule has 1 aliphatic rings. The van der Waals surface area contributed by atoms with Crippen LogP contribution in [0.3, 0.4) is 0 Å². The van der Waals surface area contributed by atoms with Gasteiger partial charge < -0.3 is 0 Å². The third kappa shape index (κ3) is 4.14. The molecule has 0 fully saturated rings. The zero-order chi connectivity index (χ0) is 29.7. The van der Waals surface area contributed by atoms with Crippen LogP contribution >= 0.6 is 0 Å². The monoisotopic (exact) mass is 570 g/mol. The molecule has 0 heterocycles. The maximum Gasteiger partial charge on any atom is 0.0352 e. The van der Waals surface area contributed by atoms with Crippen LogP contribution in [0, 0.1) is 0 Å². The van der Waals surface area contributed by atoms with E-state index in [1.807, 2.05) is 0 Å². The lowest BCUT2D eigenvalue weighted by molar-refractivity contribution is 1.02. The van der Waals surface area contributed by atoms with Gasteiger partial charge in [-0.25, -0.2) is 0 Å². The molecule has 0 aliphatic heterocycles. The molecule has 0 heteroatoms. The van der Waals surface area contributed by atoms with Gasteiger partial charge in [-0.15, -0.1) is 0 Å². The fourth-order valence-corrected chi connectivity index (χ4v) is 7.57. The van der Waals surface area contributed by atoms with Crippen LogP contribution < -0.4 is 0 Å². The molecule has 9 rings (SSSR count). The lowest BCUT2D eigenvalue weighted by Gasteiger charge is -2.18. The molecule has 0 radical (unpaired) electrons. The molecule has 0 bridgehead atoms. The predicted molar refractivity (Wildman–Crippen MR) is 191 cm³/mol. The van der Waals surface area contributed by atoms with Crippen LogP contribution in [0.1, 0.15) is 22.6 Å². The fourth-order valence-electron chi connectivity index (χ4n) is 7.57. The summed E-state index contributed by atoms with van der Waals surface area (Å²) in [6.45, 7) is 0. The maximum atomic E-state index is 2.39. The first-order valence-corrected chi connectivity index (χ1v) is 15.7. The first kappa shape index (κ1) is 25.7. The van der Waals surface area contributed by atoms with E-state index in [4.69, 9.17) is 0 Å². The molecule has 8 aromatic carbocycles. The first-order valence-electron chi connectivity index (χ1n) is 15.7. The number of hydrogen-bond donors (Lipinski definition) is 0. The predicted octanol–water partition coefficient (Wildman–Crippen LogP) is 12.2. The van der Waals surface area contributed by atoms with Crippen LogP contribution in [0.15, 0.2) is 176 Å². The van der Waals surface area contributed by atoms with Crippen molar-refractivity contribution in [2.75, 3.05) is 0 Å². The summed E-state index contributed by atoms with van der Waals surface area (Å²) < 4.78 is 0. The van der Waals surface area contributed by atoms with Gasteiger partial charge in [-0.05, 0) is 88.8 Å². The highest BCUT2D eigenvalue weighted by molar-refractivity contribution is 6.21. The molecule has 0 N–H and O–H groups in total. The molecule has 0 amide bonds. The Labute approximate surface area is 263 Å². The molecule has 0 nitrogen and oxygen atoms in total. The summed E-state index contributed by atoms with van der Waals surface area (Å²) in [6.07, 6.45) is 0. The Kier molecular flexibility index (Phi) is 5.99. The second-order valence-corrected chi connectivity index (χ2v) is 12.0. The van der Waals surface area contributed by atoms with Gasteiger partial charge in [-0.3, -0.25) is 0 Å². The molecule has 1 atom stereocenters. The van der Waals surface area contributed by atoms with E-state index in [0.717, 1.165) is 0 Å². The van der Waals surface area contributed by atoms with Crippen LogP contribution in [-0.4, -0.2) is 0 Å². The molecule has 8 aromatic rings. The Morgan fingerprint density at radius 3 is 1.36 bits per heavy atom. The second kappa shape index (κ2) is 10.5. The molecule has 1 aliphatic carbocycles. The van der Waals surface area contributed by atoms with Crippen molar-refractivity contribution in [3.05, 3.63) is 193 Å². The van der Waals surface area contributed by atoms with E-state index in [1.165, 1.54) is 82.7 Å². The van der Waals surface area contributed by atoms with E-state index in [0.29, 0.717) is 0 Å². The van der Waals surface area contributed by atoms with Gasteiger partial charge in [0.15, 0.2) is 0 Å². The zero-order valence-corrected chi connectivity index (χ0v) is 24.8. The number of fused-ring (bicyclic) bond motifs is 5. The van der Waals surface area contributed by atoms with Crippen molar-refractivity contribution in [2.24, 2.45) is 0 Å². The minimum Gasteiger partial charge on any atom is -0.0622 e. The van der Waals surface area contributed by atoms with Crippen LogP contribution in [-0.2, 0) is 0 Å². The molecule has 1 unspecified atom stereocenters. The molecular weight excluding hydrogens is 540 g/mol. The van der Waals surface area contributed by atoms with E-state index in [2.05, 4.69) is 176 Å². The summed E-state index contributed by atoms with van der Waals surface area (Å²) in [5, 5.41) is 5.13. The highest BCUT2D eigenvalue weighted by atomic mass is 14.3. The van der Waals surface area contributed by atoms with E-state index in [9.17, 15) is 0 Å². The molecule has 210 valence electrons. The Morgan fingerprint density at radius 1 is 0.289 bits per heavy atom. The highest BCUT2D eigenvalue weighted by Crippen LogP contribution is 2.49. The molecule has 0 saturated heterocycles. The van der Waals surface area contributed by atoms with Gasteiger partial charge >= 0.3 is 0 Å². The van der Waals surface area contributed by atoms with Gasteiger partial charge in [0.1, 0.15) is 0 Å². The Balaban J connectivity index is 1.17. The average Bonchev–Trinajstić information content (AvgIpc) is 3.45. The van der Waals surface area contributed by atoms with E-state index in [1.54, 1.807) is 0 Å². The summed E-state index contributed by atoms with van der Waals surface area (Å²) in [7, 11) is 0. The van der Waals surface area contributed by atoms with Crippen LogP contribution in [0.25, 0.3) is 66.1 Å². The topological polar surface area (TPSA) is 0 Å². The number of benzene rings is 8. The van der Waals surface area contributed by atoms with Crippen LogP contribution in [0.2, 0.25) is 0 Å². The minimum absolute atomic E-state index is 0.272. The molecule has 0 aromatic heterocycles.